The first-order chi connectivity index (χ1) is 9.47. The number of amides is 2. The van der Waals surface area contributed by atoms with Crippen LogP contribution in [-0.4, -0.2) is 25.3 Å². The molecule has 1 fully saturated rings. The average molecular weight is 280 g/mol. The molecule has 0 aromatic heterocycles. The highest BCUT2D eigenvalue weighted by molar-refractivity contribution is 5.75. The van der Waals surface area contributed by atoms with Crippen LogP contribution in [0.3, 0.4) is 0 Å². The summed E-state index contributed by atoms with van der Waals surface area (Å²) in [6, 6.07) is 5.90. The van der Waals surface area contributed by atoms with Crippen molar-refractivity contribution in [2.45, 2.75) is 38.3 Å². The minimum Gasteiger partial charge on any atom is -0.376 e. The van der Waals surface area contributed by atoms with Crippen LogP contribution in [0.4, 0.5) is 9.18 Å². The van der Waals surface area contributed by atoms with Gasteiger partial charge in [0.15, 0.2) is 0 Å². The van der Waals surface area contributed by atoms with Crippen molar-refractivity contribution in [2.75, 3.05) is 13.2 Å². The third-order valence-electron chi connectivity index (χ3n) is 3.51. The van der Waals surface area contributed by atoms with Gasteiger partial charge in [-0.15, -0.1) is 0 Å². The lowest BCUT2D eigenvalue weighted by molar-refractivity contribution is 0.111. The van der Waals surface area contributed by atoms with E-state index in [0.29, 0.717) is 6.54 Å². The second-order valence-corrected chi connectivity index (χ2v) is 5.60. The standard InChI is InChI=1S/C15H21FN2O2/c1-15(2,11-5-7-12(16)8-6-11)18-14(19)17-10-13-4-3-9-20-13/h5-8,13H,3-4,9-10H2,1-2H3,(H2,17,18,19)/t13-/m1/s1. The second-order valence-electron chi connectivity index (χ2n) is 5.60. The van der Waals surface area contributed by atoms with Crippen molar-refractivity contribution in [3.8, 4) is 0 Å². The van der Waals surface area contributed by atoms with Crippen LogP contribution < -0.4 is 10.6 Å². The smallest absolute Gasteiger partial charge is 0.315 e. The zero-order chi connectivity index (χ0) is 14.6. The Morgan fingerprint density at radius 3 is 2.70 bits per heavy atom. The molecule has 1 saturated heterocycles. The van der Waals surface area contributed by atoms with E-state index in [1.54, 1.807) is 12.1 Å². The summed E-state index contributed by atoms with van der Waals surface area (Å²) in [6.07, 6.45) is 2.16. The predicted octanol–water partition coefficient (Wildman–Crippen LogP) is 2.54. The number of hydrogen-bond acceptors (Lipinski definition) is 2. The van der Waals surface area contributed by atoms with Crippen LogP contribution in [0.25, 0.3) is 0 Å². The van der Waals surface area contributed by atoms with Crippen LogP contribution in [0.1, 0.15) is 32.3 Å². The van der Waals surface area contributed by atoms with E-state index in [0.717, 1.165) is 25.0 Å². The molecule has 0 aliphatic carbocycles. The van der Waals surface area contributed by atoms with Gasteiger partial charge in [0.05, 0.1) is 11.6 Å². The third kappa shape index (κ3) is 3.93. The molecule has 0 radical (unpaired) electrons. The maximum atomic E-state index is 12.9. The maximum Gasteiger partial charge on any atom is 0.315 e. The van der Waals surface area contributed by atoms with Gasteiger partial charge in [0, 0.05) is 13.2 Å². The van der Waals surface area contributed by atoms with Crippen molar-refractivity contribution in [2.24, 2.45) is 0 Å². The highest BCUT2D eigenvalue weighted by Crippen LogP contribution is 2.20. The molecule has 1 heterocycles. The Labute approximate surface area is 118 Å². The van der Waals surface area contributed by atoms with Gasteiger partial charge in [-0.25, -0.2) is 9.18 Å². The first kappa shape index (κ1) is 14.8. The summed E-state index contributed by atoms with van der Waals surface area (Å²) < 4.78 is 18.4. The summed E-state index contributed by atoms with van der Waals surface area (Å²) in [5, 5.41) is 5.70. The van der Waals surface area contributed by atoms with Crippen molar-refractivity contribution < 1.29 is 13.9 Å². The van der Waals surface area contributed by atoms with Gasteiger partial charge >= 0.3 is 6.03 Å². The molecule has 1 aliphatic rings. The van der Waals surface area contributed by atoms with Crippen molar-refractivity contribution in [3.05, 3.63) is 35.6 Å². The number of benzene rings is 1. The number of carbonyl (C=O) groups excluding carboxylic acids is 1. The molecule has 0 bridgehead atoms. The molecule has 2 N–H and O–H groups in total. The van der Waals surface area contributed by atoms with Gasteiger partial charge in [0.1, 0.15) is 5.82 Å². The van der Waals surface area contributed by atoms with Gasteiger partial charge in [-0.2, -0.15) is 0 Å². The molecule has 0 unspecified atom stereocenters. The van der Waals surface area contributed by atoms with Crippen LogP contribution in [0.2, 0.25) is 0 Å². The number of urea groups is 1. The minimum absolute atomic E-state index is 0.120. The van der Waals surface area contributed by atoms with Gasteiger partial charge in [-0.1, -0.05) is 12.1 Å². The van der Waals surface area contributed by atoms with Crippen molar-refractivity contribution in [1.29, 1.82) is 0 Å². The van der Waals surface area contributed by atoms with Crippen molar-refractivity contribution >= 4 is 6.03 Å². The number of halogens is 1. The fraction of sp³-hybridized carbons (Fsp3) is 0.533. The SMILES string of the molecule is CC(C)(NC(=O)NC[C@H]1CCCO1)c1ccc(F)cc1. The molecule has 1 aromatic rings. The molecule has 110 valence electrons. The van der Waals surface area contributed by atoms with Crippen LogP contribution in [0.5, 0.6) is 0 Å². The van der Waals surface area contributed by atoms with Crippen LogP contribution >= 0.6 is 0 Å². The molecule has 2 amide bonds. The van der Waals surface area contributed by atoms with E-state index in [4.69, 9.17) is 4.74 Å². The highest BCUT2D eigenvalue weighted by atomic mass is 19.1. The number of carbonyl (C=O) groups is 1. The Morgan fingerprint density at radius 2 is 2.10 bits per heavy atom. The number of nitrogens with one attached hydrogen (secondary N) is 2. The summed E-state index contributed by atoms with van der Waals surface area (Å²) >= 11 is 0. The Balaban J connectivity index is 1.86. The van der Waals surface area contributed by atoms with Crippen LogP contribution in [0.15, 0.2) is 24.3 Å². The number of hydrogen-bond donors (Lipinski definition) is 2. The van der Waals surface area contributed by atoms with Crippen molar-refractivity contribution in [1.82, 2.24) is 10.6 Å². The zero-order valence-electron chi connectivity index (χ0n) is 11.9. The molecule has 1 aliphatic heterocycles. The van der Waals surface area contributed by atoms with Crippen LogP contribution in [-0.2, 0) is 10.3 Å². The summed E-state index contributed by atoms with van der Waals surface area (Å²) in [4.78, 5) is 11.9. The molecule has 1 atom stereocenters. The first-order valence-corrected chi connectivity index (χ1v) is 6.91. The number of ether oxygens (including phenoxy) is 1. The molecule has 1 aromatic carbocycles. The Kier molecular flexibility index (Phi) is 4.60. The van der Waals surface area contributed by atoms with Gasteiger partial charge in [-0.05, 0) is 44.4 Å². The Bertz CT molecular complexity index is 453. The summed E-state index contributed by atoms with van der Waals surface area (Å²) in [6.45, 7) is 5.05. The molecule has 20 heavy (non-hydrogen) atoms. The van der Waals surface area contributed by atoms with E-state index >= 15 is 0 Å². The highest BCUT2D eigenvalue weighted by Gasteiger charge is 2.23. The quantitative estimate of drug-likeness (QED) is 0.890. The van der Waals surface area contributed by atoms with E-state index in [-0.39, 0.29) is 18.0 Å². The van der Waals surface area contributed by atoms with Gasteiger partial charge in [-0.3, -0.25) is 0 Å². The summed E-state index contributed by atoms with van der Waals surface area (Å²) in [5.74, 6) is -0.285. The monoisotopic (exact) mass is 280 g/mol. The van der Waals surface area contributed by atoms with E-state index in [9.17, 15) is 9.18 Å². The first-order valence-electron chi connectivity index (χ1n) is 6.91. The van der Waals surface area contributed by atoms with E-state index in [1.807, 2.05) is 13.8 Å². The van der Waals surface area contributed by atoms with Gasteiger partial charge in [0.2, 0.25) is 0 Å². The largest absolute Gasteiger partial charge is 0.376 e. The van der Waals surface area contributed by atoms with Gasteiger partial charge in [0.25, 0.3) is 0 Å². The Hall–Kier alpha value is -1.62. The van der Waals surface area contributed by atoms with E-state index in [1.165, 1.54) is 12.1 Å². The lowest BCUT2D eigenvalue weighted by Crippen LogP contribution is -2.48. The summed E-state index contributed by atoms with van der Waals surface area (Å²) in [7, 11) is 0. The molecule has 0 spiro atoms. The van der Waals surface area contributed by atoms with E-state index < -0.39 is 5.54 Å². The average Bonchev–Trinajstić information content (AvgIpc) is 2.89. The molecular formula is C15H21FN2O2. The molecule has 5 heteroatoms. The molecule has 0 saturated carbocycles. The fourth-order valence-electron chi connectivity index (χ4n) is 2.28. The fourth-order valence-corrected chi connectivity index (χ4v) is 2.28. The lowest BCUT2D eigenvalue weighted by atomic mass is 9.94. The lowest BCUT2D eigenvalue weighted by Gasteiger charge is -2.27. The zero-order valence-corrected chi connectivity index (χ0v) is 11.9. The van der Waals surface area contributed by atoms with Crippen molar-refractivity contribution in [3.63, 3.8) is 0 Å². The third-order valence-corrected chi connectivity index (χ3v) is 3.51. The summed E-state index contributed by atoms with van der Waals surface area (Å²) in [5.41, 5.74) is 0.292. The normalized spacial score (nSPS) is 18.9. The molecule has 4 nitrogen and oxygen atoms in total. The number of rotatable bonds is 4. The Morgan fingerprint density at radius 1 is 1.40 bits per heavy atom. The van der Waals surface area contributed by atoms with Gasteiger partial charge < -0.3 is 15.4 Å². The minimum atomic E-state index is -0.561. The molecular weight excluding hydrogens is 259 g/mol. The topological polar surface area (TPSA) is 50.4 Å². The predicted molar refractivity (Wildman–Crippen MR) is 74.9 cm³/mol. The van der Waals surface area contributed by atoms with E-state index in [2.05, 4.69) is 10.6 Å². The van der Waals surface area contributed by atoms with Crippen LogP contribution in [0, 0.1) is 5.82 Å². The second kappa shape index (κ2) is 6.22. The molecule has 2 rings (SSSR count). The maximum absolute atomic E-state index is 12.9.